The minimum Gasteiger partial charge on any atom is -0.449 e. The normalized spacial score (nSPS) is 10.1. The van der Waals surface area contributed by atoms with Crippen molar-refractivity contribution in [1.29, 1.82) is 0 Å². The van der Waals surface area contributed by atoms with Gasteiger partial charge in [-0.1, -0.05) is 42.5 Å². The van der Waals surface area contributed by atoms with Gasteiger partial charge in [0, 0.05) is 12.1 Å². The van der Waals surface area contributed by atoms with Crippen molar-refractivity contribution in [3.63, 3.8) is 0 Å². The molecule has 0 aliphatic heterocycles. The number of para-hydroxylation sites is 1. The maximum absolute atomic E-state index is 10.7. The van der Waals surface area contributed by atoms with E-state index in [4.69, 9.17) is 15.6 Å². The largest absolute Gasteiger partial charge is 0.511 e. The highest BCUT2D eigenvalue weighted by Crippen LogP contribution is 2.32. The quantitative estimate of drug-likeness (QED) is 0.642. The Morgan fingerprint density at radius 2 is 1.67 bits per heavy atom. The average molecular weight is 243 g/mol. The Morgan fingerprint density at radius 3 is 2.33 bits per heavy atom. The van der Waals surface area contributed by atoms with Gasteiger partial charge in [-0.3, -0.25) is 0 Å². The molecule has 0 atom stereocenters. The summed E-state index contributed by atoms with van der Waals surface area (Å²) in [5.74, 6) is 0.311. The van der Waals surface area contributed by atoms with Crippen LogP contribution in [0.3, 0.4) is 0 Å². The molecule has 0 aromatic heterocycles. The van der Waals surface area contributed by atoms with Crippen LogP contribution in [0.1, 0.15) is 5.56 Å². The van der Waals surface area contributed by atoms with E-state index in [1.165, 1.54) is 0 Å². The summed E-state index contributed by atoms with van der Waals surface area (Å²) < 4.78 is 4.78. The number of nitrogens with two attached hydrogens (primary N) is 1. The first-order valence-electron chi connectivity index (χ1n) is 5.50. The van der Waals surface area contributed by atoms with Gasteiger partial charge in [0.05, 0.1) is 0 Å². The third-order valence-corrected chi connectivity index (χ3v) is 2.61. The predicted octanol–water partition coefficient (Wildman–Crippen LogP) is 2.87. The van der Waals surface area contributed by atoms with E-state index in [-0.39, 0.29) is 0 Å². The zero-order valence-electron chi connectivity index (χ0n) is 9.67. The Kier molecular flexibility index (Phi) is 3.60. The molecule has 3 N–H and O–H groups in total. The summed E-state index contributed by atoms with van der Waals surface area (Å²) in [7, 11) is 0. The Morgan fingerprint density at radius 1 is 1.06 bits per heavy atom. The first-order valence-corrected chi connectivity index (χ1v) is 5.50. The summed E-state index contributed by atoms with van der Waals surface area (Å²) in [6, 6.07) is 14.6. The van der Waals surface area contributed by atoms with Crippen molar-refractivity contribution < 1.29 is 14.6 Å². The highest BCUT2D eigenvalue weighted by Gasteiger charge is 2.11. The van der Waals surface area contributed by atoms with E-state index < -0.39 is 6.16 Å². The van der Waals surface area contributed by atoms with Crippen LogP contribution >= 0.6 is 0 Å². The summed E-state index contributed by atoms with van der Waals surface area (Å²) in [6.07, 6.45) is -1.33. The van der Waals surface area contributed by atoms with Gasteiger partial charge in [-0.05, 0) is 17.2 Å². The maximum Gasteiger partial charge on any atom is 0.511 e. The van der Waals surface area contributed by atoms with Gasteiger partial charge in [-0.2, -0.15) is 0 Å². The lowest BCUT2D eigenvalue weighted by Gasteiger charge is -2.11. The lowest BCUT2D eigenvalue weighted by molar-refractivity contribution is 0.144. The Labute approximate surface area is 105 Å². The molecular weight excluding hydrogens is 230 g/mol. The van der Waals surface area contributed by atoms with Crippen LogP contribution < -0.4 is 10.5 Å². The molecule has 0 saturated heterocycles. The van der Waals surface area contributed by atoms with Crippen molar-refractivity contribution in [3.8, 4) is 16.9 Å². The van der Waals surface area contributed by atoms with Crippen LogP contribution in [0.25, 0.3) is 11.1 Å². The molecule has 4 nitrogen and oxygen atoms in total. The van der Waals surface area contributed by atoms with Gasteiger partial charge in [0.15, 0.2) is 0 Å². The van der Waals surface area contributed by atoms with E-state index in [2.05, 4.69) is 0 Å². The molecule has 4 heteroatoms. The van der Waals surface area contributed by atoms with Gasteiger partial charge >= 0.3 is 6.16 Å². The molecule has 2 aromatic carbocycles. The minimum atomic E-state index is -1.33. The van der Waals surface area contributed by atoms with Gasteiger partial charge in [0.2, 0.25) is 0 Å². The molecule has 0 aliphatic rings. The summed E-state index contributed by atoms with van der Waals surface area (Å²) in [6.45, 7) is 0.386. The molecule has 0 bridgehead atoms. The molecule has 92 valence electrons. The standard InChI is InChI=1S/C14H13NO3/c15-9-10-5-1-2-6-11(10)12-7-3-4-8-13(12)18-14(16)17/h1-8H,9,15H2,(H,16,17). The average Bonchev–Trinajstić information content (AvgIpc) is 2.39. The molecule has 2 rings (SSSR count). The topological polar surface area (TPSA) is 72.5 Å². The minimum absolute atomic E-state index is 0.311. The maximum atomic E-state index is 10.7. The number of benzene rings is 2. The van der Waals surface area contributed by atoms with Gasteiger partial charge in [0.1, 0.15) is 5.75 Å². The van der Waals surface area contributed by atoms with E-state index in [0.29, 0.717) is 12.3 Å². The van der Waals surface area contributed by atoms with Gasteiger partial charge < -0.3 is 15.6 Å². The van der Waals surface area contributed by atoms with Crippen molar-refractivity contribution in [1.82, 2.24) is 0 Å². The monoisotopic (exact) mass is 243 g/mol. The Balaban J connectivity index is 2.53. The molecule has 0 aliphatic carbocycles. The van der Waals surface area contributed by atoms with Crippen LogP contribution in [0.4, 0.5) is 4.79 Å². The van der Waals surface area contributed by atoms with Crippen molar-refractivity contribution in [2.45, 2.75) is 6.54 Å². The van der Waals surface area contributed by atoms with Crippen LogP contribution in [-0.4, -0.2) is 11.3 Å². The fourth-order valence-corrected chi connectivity index (χ4v) is 1.83. The molecule has 18 heavy (non-hydrogen) atoms. The molecule has 0 fully saturated rings. The van der Waals surface area contributed by atoms with Gasteiger partial charge in [-0.25, -0.2) is 4.79 Å². The highest BCUT2D eigenvalue weighted by molar-refractivity contribution is 5.76. The number of hydrogen-bond acceptors (Lipinski definition) is 3. The van der Waals surface area contributed by atoms with Crippen molar-refractivity contribution in [3.05, 3.63) is 54.1 Å². The van der Waals surface area contributed by atoms with E-state index in [1.807, 2.05) is 36.4 Å². The van der Waals surface area contributed by atoms with E-state index in [1.54, 1.807) is 12.1 Å². The predicted molar refractivity (Wildman–Crippen MR) is 68.4 cm³/mol. The smallest absolute Gasteiger partial charge is 0.449 e. The lowest BCUT2D eigenvalue weighted by atomic mass is 9.99. The fraction of sp³-hybridized carbons (Fsp3) is 0.0714. The first-order chi connectivity index (χ1) is 8.72. The Hall–Kier alpha value is -2.33. The highest BCUT2D eigenvalue weighted by atomic mass is 16.7. The summed E-state index contributed by atoms with van der Waals surface area (Å²) in [5.41, 5.74) is 8.23. The third-order valence-electron chi connectivity index (χ3n) is 2.61. The second kappa shape index (κ2) is 5.33. The fourth-order valence-electron chi connectivity index (χ4n) is 1.83. The zero-order valence-corrected chi connectivity index (χ0v) is 9.67. The van der Waals surface area contributed by atoms with Crippen LogP contribution in [0, 0.1) is 0 Å². The SMILES string of the molecule is NCc1ccccc1-c1ccccc1OC(=O)O. The molecule has 0 heterocycles. The number of rotatable bonds is 3. The molecule has 0 spiro atoms. The van der Waals surface area contributed by atoms with E-state index in [9.17, 15) is 4.79 Å². The molecule has 2 aromatic rings. The van der Waals surface area contributed by atoms with E-state index >= 15 is 0 Å². The van der Waals surface area contributed by atoms with Crippen LogP contribution in [-0.2, 0) is 6.54 Å². The molecule has 0 saturated carbocycles. The molecule has 0 unspecified atom stereocenters. The zero-order chi connectivity index (χ0) is 13.0. The first kappa shape index (κ1) is 12.1. The van der Waals surface area contributed by atoms with Crippen LogP contribution in [0.15, 0.2) is 48.5 Å². The van der Waals surface area contributed by atoms with Crippen molar-refractivity contribution in [2.24, 2.45) is 5.73 Å². The number of hydrogen-bond donors (Lipinski definition) is 2. The second-order valence-corrected chi connectivity index (χ2v) is 3.73. The van der Waals surface area contributed by atoms with E-state index in [0.717, 1.165) is 16.7 Å². The van der Waals surface area contributed by atoms with Crippen molar-refractivity contribution in [2.75, 3.05) is 0 Å². The number of ether oxygens (including phenoxy) is 1. The molecular formula is C14H13NO3. The second-order valence-electron chi connectivity index (χ2n) is 3.73. The summed E-state index contributed by atoms with van der Waals surface area (Å²) >= 11 is 0. The molecule has 0 amide bonds. The van der Waals surface area contributed by atoms with Gasteiger partial charge in [-0.15, -0.1) is 0 Å². The number of carbonyl (C=O) groups is 1. The van der Waals surface area contributed by atoms with Crippen molar-refractivity contribution >= 4 is 6.16 Å². The van der Waals surface area contributed by atoms with Gasteiger partial charge in [0.25, 0.3) is 0 Å². The van der Waals surface area contributed by atoms with Crippen LogP contribution in [0.2, 0.25) is 0 Å². The lowest BCUT2D eigenvalue weighted by Crippen LogP contribution is -2.05. The Bertz CT molecular complexity index is 566. The number of carboxylic acid groups (broad SMARTS) is 1. The third kappa shape index (κ3) is 2.49. The summed E-state index contributed by atoms with van der Waals surface area (Å²) in [4.78, 5) is 10.7. The summed E-state index contributed by atoms with van der Waals surface area (Å²) in [5, 5.41) is 8.72. The molecule has 0 radical (unpaired) electrons. The van der Waals surface area contributed by atoms with Crippen LogP contribution in [0.5, 0.6) is 5.75 Å².